The second-order valence-corrected chi connectivity index (χ2v) is 9.08. The summed E-state index contributed by atoms with van der Waals surface area (Å²) in [5, 5.41) is 0. The molecule has 0 N–H and O–H groups in total. The van der Waals surface area contributed by atoms with Crippen LogP contribution in [-0.4, -0.2) is 12.2 Å². The van der Waals surface area contributed by atoms with Gasteiger partial charge in [-0.3, -0.25) is 0 Å². The average molecular weight is 271 g/mol. The van der Waals surface area contributed by atoms with Crippen molar-refractivity contribution in [3.8, 4) is 0 Å². The quantitative estimate of drug-likeness (QED) is 0.476. The molecular formula is C18H38O. The van der Waals surface area contributed by atoms with Crippen molar-refractivity contribution in [2.45, 2.75) is 99.5 Å². The molecule has 116 valence electrons. The summed E-state index contributed by atoms with van der Waals surface area (Å²) in [5.74, 6) is 0. The predicted octanol–water partition coefficient (Wildman–Crippen LogP) is 6.21. The van der Waals surface area contributed by atoms with E-state index in [2.05, 4.69) is 55.4 Å². The van der Waals surface area contributed by atoms with Crippen molar-refractivity contribution >= 4 is 0 Å². The van der Waals surface area contributed by atoms with Crippen LogP contribution in [-0.2, 0) is 4.74 Å². The first kappa shape index (κ1) is 19.0. The highest BCUT2D eigenvalue weighted by Gasteiger charge is 2.21. The monoisotopic (exact) mass is 270 g/mol. The molecule has 0 aliphatic heterocycles. The lowest BCUT2D eigenvalue weighted by molar-refractivity contribution is -0.0563. The highest BCUT2D eigenvalue weighted by molar-refractivity contribution is 4.71. The van der Waals surface area contributed by atoms with Gasteiger partial charge in [-0.15, -0.1) is 0 Å². The van der Waals surface area contributed by atoms with Gasteiger partial charge in [-0.25, -0.2) is 0 Å². The van der Waals surface area contributed by atoms with Gasteiger partial charge in [0.2, 0.25) is 0 Å². The van der Waals surface area contributed by atoms with E-state index in [0.717, 1.165) is 6.61 Å². The Kier molecular flexibility index (Phi) is 7.65. The van der Waals surface area contributed by atoms with Crippen molar-refractivity contribution in [2.75, 3.05) is 6.61 Å². The Balaban J connectivity index is 3.64. The molecule has 0 atom stereocenters. The van der Waals surface area contributed by atoms with E-state index in [0.29, 0.717) is 5.41 Å². The van der Waals surface area contributed by atoms with Gasteiger partial charge in [0.15, 0.2) is 0 Å². The van der Waals surface area contributed by atoms with Crippen LogP contribution in [0.5, 0.6) is 0 Å². The maximum absolute atomic E-state index is 6.05. The summed E-state index contributed by atoms with van der Waals surface area (Å²) < 4.78 is 6.05. The first-order valence-corrected chi connectivity index (χ1v) is 8.05. The lowest BCUT2D eigenvalue weighted by Crippen LogP contribution is -2.29. The molecule has 0 unspecified atom stereocenters. The van der Waals surface area contributed by atoms with Crippen LogP contribution in [0.3, 0.4) is 0 Å². The third kappa shape index (κ3) is 14.2. The van der Waals surface area contributed by atoms with Crippen LogP contribution in [0.2, 0.25) is 0 Å². The number of unbranched alkanes of at least 4 members (excludes halogenated alkanes) is 3. The lowest BCUT2D eigenvalue weighted by Gasteiger charge is -2.30. The molecule has 1 nitrogen and oxygen atoms in total. The van der Waals surface area contributed by atoms with Gasteiger partial charge in [-0.2, -0.15) is 0 Å². The van der Waals surface area contributed by atoms with Gasteiger partial charge in [-0.1, -0.05) is 67.2 Å². The van der Waals surface area contributed by atoms with E-state index in [9.17, 15) is 0 Å². The molecule has 0 heterocycles. The van der Waals surface area contributed by atoms with E-state index in [-0.39, 0.29) is 11.0 Å². The van der Waals surface area contributed by atoms with Gasteiger partial charge in [-0.05, 0) is 37.5 Å². The van der Waals surface area contributed by atoms with Crippen LogP contribution in [0.1, 0.15) is 93.9 Å². The highest BCUT2D eigenvalue weighted by Crippen LogP contribution is 2.25. The van der Waals surface area contributed by atoms with E-state index >= 15 is 0 Å². The molecule has 0 aliphatic rings. The molecular weight excluding hydrogens is 232 g/mol. The molecule has 0 radical (unpaired) electrons. The fraction of sp³-hybridized carbons (Fsp3) is 1.00. The van der Waals surface area contributed by atoms with Gasteiger partial charge < -0.3 is 4.74 Å². The standard InChI is InChI=1S/C18H38O/c1-16(2,3)13-11-9-10-12-14-18(7,8)19-15-17(4,5)6/h9-15H2,1-8H3. The van der Waals surface area contributed by atoms with Crippen molar-refractivity contribution in [1.29, 1.82) is 0 Å². The van der Waals surface area contributed by atoms with E-state index < -0.39 is 0 Å². The zero-order valence-corrected chi connectivity index (χ0v) is 14.9. The topological polar surface area (TPSA) is 9.23 Å². The van der Waals surface area contributed by atoms with Gasteiger partial charge in [0.1, 0.15) is 0 Å². The van der Waals surface area contributed by atoms with Gasteiger partial charge >= 0.3 is 0 Å². The molecule has 0 aliphatic carbocycles. The van der Waals surface area contributed by atoms with Crippen molar-refractivity contribution in [3.63, 3.8) is 0 Å². The molecule has 0 amide bonds. The molecule has 0 saturated carbocycles. The number of hydrogen-bond acceptors (Lipinski definition) is 1. The summed E-state index contributed by atoms with van der Waals surface area (Å²) in [4.78, 5) is 0. The number of hydrogen-bond donors (Lipinski definition) is 0. The third-order valence-corrected chi connectivity index (χ3v) is 3.35. The Morgan fingerprint density at radius 1 is 0.579 bits per heavy atom. The highest BCUT2D eigenvalue weighted by atomic mass is 16.5. The summed E-state index contributed by atoms with van der Waals surface area (Å²) in [7, 11) is 0. The summed E-state index contributed by atoms with van der Waals surface area (Å²) in [6.45, 7) is 19.0. The van der Waals surface area contributed by atoms with E-state index in [1.807, 2.05) is 0 Å². The summed E-state index contributed by atoms with van der Waals surface area (Å²) in [5.41, 5.74) is 0.802. The Hall–Kier alpha value is -0.0400. The average Bonchev–Trinajstić information content (AvgIpc) is 2.18. The van der Waals surface area contributed by atoms with E-state index in [1.54, 1.807) is 0 Å². The largest absolute Gasteiger partial charge is 0.375 e. The van der Waals surface area contributed by atoms with Crippen LogP contribution in [0, 0.1) is 10.8 Å². The second kappa shape index (κ2) is 7.67. The zero-order valence-electron chi connectivity index (χ0n) is 14.9. The van der Waals surface area contributed by atoms with E-state index in [1.165, 1.54) is 38.5 Å². The first-order chi connectivity index (χ1) is 8.41. The van der Waals surface area contributed by atoms with Gasteiger partial charge in [0.05, 0.1) is 12.2 Å². The third-order valence-electron chi connectivity index (χ3n) is 3.35. The van der Waals surface area contributed by atoms with Gasteiger partial charge in [0.25, 0.3) is 0 Å². The SMILES string of the molecule is CC(C)(C)CCCCCCC(C)(C)OCC(C)(C)C. The van der Waals surface area contributed by atoms with Crippen molar-refractivity contribution < 1.29 is 4.74 Å². The van der Waals surface area contributed by atoms with E-state index in [4.69, 9.17) is 4.74 Å². The Morgan fingerprint density at radius 2 is 1.05 bits per heavy atom. The van der Waals surface area contributed by atoms with Crippen molar-refractivity contribution in [3.05, 3.63) is 0 Å². The molecule has 0 saturated heterocycles. The second-order valence-electron chi connectivity index (χ2n) is 9.08. The molecule has 0 spiro atoms. The predicted molar refractivity (Wildman–Crippen MR) is 86.6 cm³/mol. The van der Waals surface area contributed by atoms with Crippen LogP contribution in [0.15, 0.2) is 0 Å². The summed E-state index contributed by atoms with van der Waals surface area (Å²) in [6.07, 6.45) is 7.90. The summed E-state index contributed by atoms with van der Waals surface area (Å²) in [6, 6.07) is 0. The van der Waals surface area contributed by atoms with Crippen LogP contribution >= 0.6 is 0 Å². The Bertz CT molecular complexity index is 227. The molecule has 0 rings (SSSR count). The fourth-order valence-electron chi connectivity index (χ4n) is 2.04. The molecule has 19 heavy (non-hydrogen) atoms. The molecule has 0 bridgehead atoms. The number of ether oxygens (including phenoxy) is 1. The van der Waals surface area contributed by atoms with Crippen LogP contribution < -0.4 is 0 Å². The Morgan fingerprint density at radius 3 is 1.47 bits per heavy atom. The minimum atomic E-state index is 0.0390. The molecule has 0 aromatic rings. The number of rotatable bonds is 8. The van der Waals surface area contributed by atoms with Crippen molar-refractivity contribution in [2.24, 2.45) is 10.8 Å². The molecule has 0 aromatic carbocycles. The smallest absolute Gasteiger partial charge is 0.0626 e. The molecule has 0 fully saturated rings. The van der Waals surface area contributed by atoms with Crippen LogP contribution in [0.25, 0.3) is 0 Å². The maximum Gasteiger partial charge on any atom is 0.0626 e. The maximum atomic E-state index is 6.05. The Labute approximate surface area is 122 Å². The minimum Gasteiger partial charge on any atom is -0.375 e. The molecule has 0 aromatic heterocycles. The zero-order chi connectivity index (χ0) is 15.2. The van der Waals surface area contributed by atoms with Crippen LogP contribution in [0.4, 0.5) is 0 Å². The summed E-state index contributed by atoms with van der Waals surface area (Å²) >= 11 is 0. The first-order valence-electron chi connectivity index (χ1n) is 8.05. The fourth-order valence-corrected chi connectivity index (χ4v) is 2.04. The van der Waals surface area contributed by atoms with Crippen molar-refractivity contribution in [1.82, 2.24) is 0 Å². The van der Waals surface area contributed by atoms with Gasteiger partial charge in [0, 0.05) is 0 Å². The molecule has 1 heteroatoms. The minimum absolute atomic E-state index is 0.0390. The normalized spacial score (nSPS) is 13.9. The lowest BCUT2D eigenvalue weighted by atomic mass is 9.89.